The first-order valence-electron chi connectivity index (χ1n) is 17.0. The minimum atomic E-state index is 0.183. The third kappa shape index (κ3) is 10.1. The number of ketones is 1. The van der Waals surface area contributed by atoms with Crippen molar-refractivity contribution < 1.29 is 14.3 Å². The van der Waals surface area contributed by atoms with Crippen molar-refractivity contribution in [3.63, 3.8) is 0 Å². The molecule has 0 unspecified atom stereocenters. The second kappa shape index (κ2) is 16.3. The van der Waals surface area contributed by atoms with Crippen LogP contribution in [0.4, 0.5) is 5.95 Å². The molecule has 9 heteroatoms. The minimum Gasteiger partial charge on any atom is -0.493 e. The van der Waals surface area contributed by atoms with E-state index in [0.717, 1.165) is 51.0 Å². The van der Waals surface area contributed by atoms with Gasteiger partial charge in [-0.3, -0.25) is 4.79 Å². The maximum atomic E-state index is 13.6. The summed E-state index contributed by atoms with van der Waals surface area (Å²) in [6, 6.07) is 6.32. The summed E-state index contributed by atoms with van der Waals surface area (Å²) in [7, 11) is 0. The van der Waals surface area contributed by atoms with Gasteiger partial charge in [-0.2, -0.15) is 15.0 Å². The Hall–Kier alpha value is -2.78. The van der Waals surface area contributed by atoms with Crippen molar-refractivity contribution in [2.45, 2.75) is 96.8 Å². The van der Waals surface area contributed by atoms with Crippen LogP contribution in [0.1, 0.15) is 112 Å². The van der Waals surface area contributed by atoms with Crippen molar-refractivity contribution in [3.8, 4) is 11.8 Å². The van der Waals surface area contributed by atoms with Crippen LogP contribution in [0, 0.1) is 5.41 Å². The fourth-order valence-corrected chi connectivity index (χ4v) is 6.34. The van der Waals surface area contributed by atoms with Gasteiger partial charge in [-0.05, 0) is 108 Å². The predicted octanol–water partition coefficient (Wildman–Crippen LogP) is 5.82. The molecule has 2 aliphatic heterocycles. The van der Waals surface area contributed by atoms with Gasteiger partial charge in [0.2, 0.25) is 5.95 Å². The van der Waals surface area contributed by atoms with Crippen LogP contribution in [0.2, 0.25) is 0 Å². The van der Waals surface area contributed by atoms with Gasteiger partial charge in [-0.15, -0.1) is 0 Å². The number of aromatic nitrogens is 3. The van der Waals surface area contributed by atoms with Crippen molar-refractivity contribution in [1.29, 1.82) is 0 Å². The number of nitrogens with one attached hydrogen (secondary N) is 2. The summed E-state index contributed by atoms with van der Waals surface area (Å²) < 4.78 is 12.0. The van der Waals surface area contributed by atoms with E-state index in [1.807, 2.05) is 25.1 Å². The van der Waals surface area contributed by atoms with Crippen molar-refractivity contribution >= 4 is 11.7 Å². The lowest BCUT2D eigenvalue weighted by Gasteiger charge is -2.22. The summed E-state index contributed by atoms with van der Waals surface area (Å²) in [5, 5.41) is 6.93. The smallest absolute Gasteiger partial charge is 0.321 e. The van der Waals surface area contributed by atoms with Gasteiger partial charge >= 0.3 is 6.01 Å². The van der Waals surface area contributed by atoms with Gasteiger partial charge in [-0.1, -0.05) is 31.7 Å². The van der Waals surface area contributed by atoms with Gasteiger partial charge < -0.3 is 25.0 Å². The molecule has 1 saturated heterocycles. The van der Waals surface area contributed by atoms with Crippen molar-refractivity contribution in [3.05, 3.63) is 35.2 Å². The molecular formula is C34H52N6O3. The number of carbonyl (C=O) groups is 1. The molecule has 1 saturated carbocycles. The van der Waals surface area contributed by atoms with Crippen LogP contribution in [0.5, 0.6) is 11.8 Å². The summed E-state index contributed by atoms with van der Waals surface area (Å²) in [6.45, 7) is 9.37. The van der Waals surface area contributed by atoms with Gasteiger partial charge in [-0.25, -0.2) is 0 Å². The number of anilines is 1. The zero-order valence-corrected chi connectivity index (χ0v) is 26.3. The summed E-state index contributed by atoms with van der Waals surface area (Å²) >= 11 is 0. The van der Waals surface area contributed by atoms with Crippen LogP contribution in [0.3, 0.4) is 0 Å². The number of nitrogens with zero attached hydrogens (tertiary/aromatic N) is 4. The fraction of sp³-hybridized carbons (Fsp3) is 0.706. The molecule has 1 aromatic carbocycles. The molecule has 0 amide bonds. The highest BCUT2D eigenvalue weighted by atomic mass is 16.5. The molecule has 3 aliphatic rings. The number of ether oxygens (including phenoxy) is 2. The quantitative estimate of drug-likeness (QED) is 0.367. The van der Waals surface area contributed by atoms with Crippen LogP contribution in [0.25, 0.3) is 0 Å². The molecule has 236 valence electrons. The van der Waals surface area contributed by atoms with Gasteiger partial charge in [0.25, 0.3) is 0 Å². The highest BCUT2D eigenvalue weighted by molar-refractivity contribution is 5.98. The Morgan fingerprint density at radius 1 is 0.953 bits per heavy atom. The van der Waals surface area contributed by atoms with E-state index >= 15 is 0 Å². The average Bonchev–Trinajstić information content (AvgIpc) is 3.57. The lowest BCUT2D eigenvalue weighted by molar-refractivity contribution is 0.0962. The van der Waals surface area contributed by atoms with E-state index in [2.05, 4.69) is 25.5 Å². The molecule has 43 heavy (non-hydrogen) atoms. The highest BCUT2D eigenvalue weighted by Gasteiger charge is 2.44. The van der Waals surface area contributed by atoms with E-state index in [4.69, 9.17) is 14.5 Å². The molecule has 0 atom stereocenters. The number of hydrogen-bond acceptors (Lipinski definition) is 9. The van der Waals surface area contributed by atoms with Crippen LogP contribution in [0.15, 0.2) is 18.2 Å². The Morgan fingerprint density at radius 2 is 1.72 bits per heavy atom. The Balaban J connectivity index is 1.29. The number of Topliss-reactive ketones (excluding diaryl/α,β-unsaturated/α-hetero) is 1. The molecular weight excluding hydrogens is 540 g/mol. The minimum absolute atomic E-state index is 0.183. The first-order chi connectivity index (χ1) is 21.1. The molecule has 1 aliphatic carbocycles. The molecule has 0 spiro atoms. The van der Waals surface area contributed by atoms with Crippen LogP contribution < -0.4 is 20.1 Å². The largest absolute Gasteiger partial charge is 0.493 e. The van der Waals surface area contributed by atoms with Crippen LogP contribution in [-0.4, -0.2) is 78.1 Å². The second-order valence-corrected chi connectivity index (χ2v) is 12.7. The first kappa shape index (κ1) is 31.6. The number of rotatable bonds is 8. The SMILES string of the molecule is CCOc1nc2nc(n1)NCCCCCCCCNCCCOc1cc(ccc1C(=O)CCC1(CN3CCCC3)CC1)C2. The summed E-state index contributed by atoms with van der Waals surface area (Å²) in [4.78, 5) is 29.9. The van der Waals surface area contributed by atoms with E-state index in [-0.39, 0.29) is 5.78 Å². The Labute approximate surface area is 258 Å². The number of carbonyl (C=O) groups excluding carboxylic acids is 1. The van der Waals surface area contributed by atoms with Crippen LogP contribution >= 0.6 is 0 Å². The summed E-state index contributed by atoms with van der Waals surface area (Å²) in [6.07, 6.45) is 15.3. The van der Waals surface area contributed by atoms with E-state index in [9.17, 15) is 4.79 Å². The second-order valence-electron chi connectivity index (χ2n) is 12.7. The van der Waals surface area contributed by atoms with Crippen LogP contribution in [-0.2, 0) is 6.42 Å². The topological polar surface area (TPSA) is 102 Å². The van der Waals surface area contributed by atoms with E-state index in [1.54, 1.807) is 0 Å². The standard InChI is InChI=1S/C34H52N6O3/c1-2-42-33-38-31-25-27-12-13-28(29(41)14-15-34(16-17-34)26-40-21-9-10-22-40)30(24-27)43-23-11-19-35-18-7-5-3-4-6-8-20-36-32(37-31)39-33/h12-13,24,35H,2-11,14-23,25-26H2,1H3,(H,36,37,38,39). The average molecular weight is 593 g/mol. The lowest BCUT2D eigenvalue weighted by Crippen LogP contribution is -2.28. The molecule has 4 bridgehead atoms. The lowest BCUT2D eigenvalue weighted by atomic mass is 9.94. The van der Waals surface area contributed by atoms with Crippen molar-refractivity contribution in [1.82, 2.24) is 25.2 Å². The predicted molar refractivity (Wildman–Crippen MR) is 170 cm³/mol. The van der Waals surface area contributed by atoms with Crippen molar-refractivity contribution in [2.75, 3.05) is 57.8 Å². The number of hydrogen-bond donors (Lipinski definition) is 2. The normalized spacial score (nSPS) is 20.3. The molecule has 9 nitrogen and oxygen atoms in total. The third-order valence-corrected chi connectivity index (χ3v) is 9.06. The molecule has 1 aromatic heterocycles. The van der Waals surface area contributed by atoms with Gasteiger partial charge in [0, 0.05) is 25.9 Å². The molecule has 2 aromatic rings. The van der Waals surface area contributed by atoms with E-state index in [0.29, 0.717) is 60.6 Å². The van der Waals surface area contributed by atoms with Gasteiger partial charge in [0.15, 0.2) is 5.78 Å². The van der Waals surface area contributed by atoms with Gasteiger partial charge in [0.05, 0.1) is 18.8 Å². The molecule has 2 fully saturated rings. The zero-order chi connectivity index (χ0) is 29.7. The molecule has 3 heterocycles. The Morgan fingerprint density at radius 3 is 2.51 bits per heavy atom. The monoisotopic (exact) mass is 592 g/mol. The van der Waals surface area contributed by atoms with E-state index in [1.165, 1.54) is 70.9 Å². The third-order valence-electron chi connectivity index (χ3n) is 9.06. The summed E-state index contributed by atoms with van der Waals surface area (Å²) in [5.41, 5.74) is 2.04. The first-order valence-corrected chi connectivity index (χ1v) is 17.0. The highest BCUT2D eigenvalue weighted by Crippen LogP contribution is 2.50. The molecule has 2 N–H and O–H groups in total. The zero-order valence-electron chi connectivity index (χ0n) is 26.3. The number of fused-ring (bicyclic) bond motifs is 4. The Kier molecular flexibility index (Phi) is 12.0. The number of likely N-dealkylation sites (tertiary alicyclic amines) is 1. The molecule has 0 radical (unpaired) electrons. The maximum absolute atomic E-state index is 13.6. The number of benzene rings is 1. The Bertz CT molecular complexity index is 1160. The van der Waals surface area contributed by atoms with E-state index < -0.39 is 0 Å². The summed E-state index contributed by atoms with van der Waals surface area (Å²) in [5.74, 6) is 2.05. The fourth-order valence-electron chi connectivity index (χ4n) is 6.34. The van der Waals surface area contributed by atoms with Gasteiger partial charge in [0.1, 0.15) is 11.6 Å². The maximum Gasteiger partial charge on any atom is 0.321 e. The molecule has 5 rings (SSSR count). The van der Waals surface area contributed by atoms with Crippen molar-refractivity contribution in [2.24, 2.45) is 5.41 Å².